The maximum absolute atomic E-state index is 13.0. The number of ether oxygens (including phenoxy) is 2. The third kappa shape index (κ3) is 5.85. The quantitative estimate of drug-likeness (QED) is 0.267. The molecule has 1 heterocycles. The summed E-state index contributed by atoms with van der Waals surface area (Å²) >= 11 is 0. The van der Waals surface area contributed by atoms with Crippen molar-refractivity contribution in [1.29, 1.82) is 0 Å². The van der Waals surface area contributed by atoms with E-state index in [1.807, 2.05) is 0 Å². The van der Waals surface area contributed by atoms with Gasteiger partial charge >= 0.3 is 12.0 Å². The summed E-state index contributed by atoms with van der Waals surface area (Å²) in [6.45, 7) is 2.79. The van der Waals surface area contributed by atoms with Crippen LogP contribution >= 0.6 is 0 Å². The zero-order chi connectivity index (χ0) is 23.8. The lowest BCUT2D eigenvalue weighted by Crippen LogP contribution is -2.54. The number of amides is 4. The molecule has 33 heavy (non-hydrogen) atoms. The maximum Gasteiger partial charge on any atom is 0.337 e. The monoisotopic (exact) mass is 450 g/mol. The van der Waals surface area contributed by atoms with Crippen LogP contribution in [0.5, 0.6) is 5.75 Å². The molecule has 4 amide bonds. The number of carbonyl (C=O) groups excluding carboxylic acids is 4. The lowest BCUT2D eigenvalue weighted by Gasteiger charge is -2.26. The van der Waals surface area contributed by atoms with Crippen LogP contribution in [0.2, 0.25) is 0 Å². The highest BCUT2D eigenvalue weighted by molar-refractivity contribution is 6.39. The van der Waals surface area contributed by atoms with E-state index < -0.39 is 23.8 Å². The Bertz CT molecular complexity index is 1060. The molecule has 2 aromatic rings. The summed E-state index contributed by atoms with van der Waals surface area (Å²) in [5, 5.41) is 2.18. The van der Waals surface area contributed by atoms with Crippen molar-refractivity contribution in [3.8, 4) is 5.75 Å². The molecule has 0 atom stereocenters. The van der Waals surface area contributed by atoms with Gasteiger partial charge in [-0.2, -0.15) is 0 Å². The highest BCUT2D eigenvalue weighted by Crippen LogP contribution is 2.23. The fourth-order valence-corrected chi connectivity index (χ4v) is 3.30. The SMILES string of the molecule is CCCCCCOc1ccc(/C=C2/C(=O)NC(=O)N(c3ccc(C(=O)OC)cc3)C2=O)cc1. The minimum Gasteiger partial charge on any atom is -0.494 e. The Hall–Kier alpha value is -3.94. The molecule has 0 spiro atoms. The third-order valence-electron chi connectivity index (χ3n) is 5.11. The van der Waals surface area contributed by atoms with Crippen LogP contribution in [0.3, 0.4) is 0 Å². The van der Waals surface area contributed by atoms with Crippen molar-refractivity contribution in [2.75, 3.05) is 18.6 Å². The number of nitrogens with one attached hydrogen (secondary N) is 1. The predicted molar refractivity (Wildman–Crippen MR) is 123 cm³/mol. The lowest BCUT2D eigenvalue weighted by atomic mass is 10.1. The van der Waals surface area contributed by atoms with Gasteiger partial charge in [0.1, 0.15) is 11.3 Å². The first-order valence-corrected chi connectivity index (χ1v) is 10.8. The highest BCUT2D eigenvalue weighted by atomic mass is 16.5. The van der Waals surface area contributed by atoms with E-state index in [-0.39, 0.29) is 16.8 Å². The second kappa shape index (κ2) is 11.1. The number of carbonyl (C=O) groups is 4. The van der Waals surface area contributed by atoms with E-state index in [1.165, 1.54) is 43.9 Å². The number of unbranched alkanes of at least 4 members (excludes halogenated alkanes) is 3. The molecule has 1 saturated heterocycles. The van der Waals surface area contributed by atoms with Gasteiger partial charge in [-0.05, 0) is 54.5 Å². The molecule has 0 bridgehead atoms. The number of rotatable bonds is 9. The Morgan fingerprint density at radius 1 is 0.970 bits per heavy atom. The number of barbiturate groups is 1. The van der Waals surface area contributed by atoms with Gasteiger partial charge in [0.2, 0.25) is 0 Å². The van der Waals surface area contributed by atoms with Crippen molar-refractivity contribution in [2.24, 2.45) is 0 Å². The van der Waals surface area contributed by atoms with Crippen molar-refractivity contribution in [1.82, 2.24) is 5.32 Å². The van der Waals surface area contributed by atoms with Crippen LogP contribution < -0.4 is 15.0 Å². The van der Waals surface area contributed by atoms with Crippen LogP contribution in [0.15, 0.2) is 54.1 Å². The molecule has 1 aliphatic rings. The molecule has 0 radical (unpaired) electrons. The first kappa shape index (κ1) is 23.7. The number of anilines is 1. The average Bonchev–Trinajstić information content (AvgIpc) is 2.82. The van der Waals surface area contributed by atoms with Gasteiger partial charge in [-0.15, -0.1) is 0 Å². The number of methoxy groups -OCH3 is 1. The molecule has 0 aromatic heterocycles. The molecular weight excluding hydrogens is 424 g/mol. The first-order chi connectivity index (χ1) is 15.9. The van der Waals surface area contributed by atoms with Crippen molar-refractivity contribution in [3.05, 3.63) is 65.2 Å². The Balaban J connectivity index is 1.74. The van der Waals surface area contributed by atoms with Gasteiger partial charge in [0, 0.05) is 0 Å². The van der Waals surface area contributed by atoms with E-state index in [4.69, 9.17) is 4.74 Å². The molecule has 0 unspecified atom stereocenters. The van der Waals surface area contributed by atoms with Crippen molar-refractivity contribution in [2.45, 2.75) is 32.6 Å². The van der Waals surface area contributed by atoms with E-state index in [9.17, 15) is 19.2 Å². The minimum absolute atomic E-state index is 0.181. The van der Waals surface area contributed by atoms with Gasteiger partial charge < -0.3 is 9.47 Å². The van der Waals surface area contributed by atoms with Gasteiger partial charge in [-0.25, -0.2) is 14.5 Å². The largest absolute Gasteiger partial charge is 0.494 e. The smallest absolute Gasteiger partial charge is 0.337 e. The summed E-state index contributed by atoms with van der Waals surface area (Å²) in [6.07, 6.45) is 5.88. The molecule has 172 valence electrons. The Morgan fingerprint density at radius 2 is 1.67 bits per heavy atom. The predicted octanol–water partition coefficient (Wildman–Crippen LogP) is 4.10. The minimum atomic E-state index is -0.861. The van der Waals surface area contributed by atoms with Gasteiger partial charge in [0.05, 0.1) is 25.0 Å². The first-order valence-electron chi connectivity index (χ1n) is 10.8. The van der Waals surface area contributed by atoms with Crippen LogP contribution in [-0.2, 0) is 14.3 Å². The fourth-order valence-electron chi connectivity index (χ4n) is 3.30. The number of imide groups is 2. The summed E-state index contributed by atoms with van der Waals surface area (Å²) < 4.78 is 10.4. The number of nitrogens with zero attached hydrogens (tertiary/aromatic N) is 1. The standard InChI is InChI=1S/C25H26N2O6/c1-3-4-5-6-15-33-20-13-7-17(8-14-20)16-21-22(28)26-25(31)27(23(21)29)19-11-9-18(10-12-19)24(30)32-2/h7-14,16H,3-6,15H2,1-2H3,(H,26,28,31)/b21-16-. The van der Waals surface area contributed by atoms with E-state index >= 15 is 0 Å². The average molecular weight is 450 g/mol. The summed E-state index contributed by atoms with van der Waals surface area (Å²) in [4.78, 5) is 50.1. The summed E-state index contributed by atoms with van der Waals surface area (Å²) in [7, 11) is 1.26. The van der Waals surface area contributed by atoms with E-state index in [2.05, 4.69) is 17.0 Å². The molecule has 3 rings (SSSR count). The second-order valence-electron chi connectivity index (χ2n) is 7.47. The molecule has 8 nitrogen and oxygen atoms in total. The summed E-state index contributed by atoms with van der Waals surface area (Å²) in [5.74, 6) is -1.37. The van der Waals surface area contributed by atoms with Crippen LogP contribution in [0.4, 0.5) is 10.5 Å². The van der Waals surface area contributed by atoms with Crippen LogP contribution in [0, 0.1) is 0 Å². The molecule has 0 aliphatic carbocycles. The van der Waals surface area contributed by atoms with Gasteiger partial charge in [0.25, 0.3) is 11.8 Å². The number of urea groups is 1. The third-order valence-corrected chi connectivity index (χ3v) is 5.11. The normalized spacial score (nSPS) is 14.9. The summed E-state index contributed by atoms with van der Waals surface area (Å²) in [5.41, 5.74) is 0.919. The van der Waals surface area contributed by atoms with Crippen LogP contribution in [0.1, 0.15) is 48.5 Å². The molecule has 0 saturated carbocycles. The summed E-state index contributed by atoms with van der Waals surface area (Å²) in [6, 6.07) is 11.9. The topological polar surface area (TPSA) is 102 Å². The molecule has 1 N–H and O–H groups in total. The number of hydrogen-bond acceptors (Lipinski definition) is 6. The number of hydrogen-bond donors (Lipinski definition) is 1. The second-order valence-corrected chi connectivity index (χ2v) is 7.47. The zero-order valence-electron chi connectivity index (χ0n) is 18.6. The molecule has 1 aliphatic heterocycles. The van der Waals surface area contributed by atoms with Gasteiger partial charge in [-0.1, -0.05) is 38.3 Å². The van der Waals surface area contributed by atoms with Crippen LogP contribution in [0.25, 0.3) is 6.08 Å². The highest BCUT2D eigenvalue weighted by Gasteiger charge is 2.36. The van der Waals surface area contributed by atoms with Crippen molar-refractivity contribution < 1.29 is 28.7 Å². The Labute approximate surface area is 192 Å². The zero-order valence-corrected chi connectivity index (χ0v) is 18.6. The molecule has 2 aromatic carbocycles. The molecule has 8 heteroatoms. The van der Waals surface area contributed by atoms with Crippen molar-refractivity contribution >= 4 is 35.6 Å². The number of esters is 1. The maximum atomic E-state index is 13.0. The molecular formula is C25H26N2O6. The van der Waals surface area contributed by atoms with E-state index in [1.54, 1.807) is 24.3 Å². The van der Waals surface area contributed by atoms with E-state index in [0.717, 1.165) is 24.2 Å². The van der Waals surface area contributed by atoms with Gasteiger partial charge in [-0.3, -0.25) is 14.9 Å². The number of benzene rings is 2. The van der Waals surface area contributed by atoms with Crippen molar-refractivity contribution in [3.63, 3.8) is 0 Å². The Kier molecular flexibility index (Phi) is 7.96. The van der Waals surface area contributed by atoms with Gasteiger partial charge in [0.15, 0.2) is 0 Å². The lowest BCUT2D eigenvalue weighted by molar-refractivity contribution is -0.122. The fraction of sp³-hybridized carbons (Fsp3) is 0.280. The Morgan fingerprint density at radius 3 is 2.30 bits per heavy atom. The van der Waals surface area contributed by atoms with Crippen LogP contribution in [-0.4, -0.2) is 37.5 Å². The van der Waals surface area contributed by atoms with E-state index in [0.29, 0.717) is 17.9 Å². The molecule has 1 fully saturated rings.